The van der Waals surface area contributed by atoms with Crippen LogP contribution >= 0.6 is 0 Å². The molecule has 126 valence electrons. The van der Waals surface area contributed by atoms with Crippen molar-refractivity contribution in [2.45, 2.75) is 6.54 Å². The Morgan fingerprint density at radius 2 is 2.04 bits per heavy atom. The molecule has 1 fully saturated rings. The number of ether oxygens (including phenoxy) is 2. The maximum Gasteiger partial charge on any atom is 0.253 e. The van der Waals surface area contributed by atoms with E-state index in [4.69, 9.17) is 9.47 Å². The number of hydrogen-bond acceptors (Lipinski definition) is 6. The Morgan fingerprint density at radius 3 is 2.67 bits per heavy atom. The maximum atomic E-state index is 12.1. The first-order valence-corrected chi connectivity index (χ1v) is 7.82. The highest BCUT2D eigenvalue weighted by Crippen LogP contribution is 2.13. The van der Waals surface area contributed by atoms with E-state index in [0.29, 0.717) is 18.0 Å². The van der Waals surface area contributed by atoms with Crippen molar-refractivity contribution in [3.63, 3.8) is 0 Å². The average Bonchev–Trinajstić information content (AvgIpc) is 2.67. The largest absolute Gasteiger partial charge is 0.481 e. The minimum Gasteiger partial charge on any atom is -0.481 e. The molecule has 1 aliphatic rings. The predicted molar refractivity (Wildman–Crippen MR) is 89.2 cm³/mol. The quantitative estimate of drug-likeness (QED) is 0.890. The van der Waals surface area contributed by atoms with Gasteiger partial charge in [0.05, 0.1) is 25.9 Å². The summed E-state index contributed by atoms with van der Waals surface area (Å²) in [7, 11) is 1.54. The molecular formula is C17H20N4O3. The van der Waals surface area contributed by atoms with E-state index < -0.39 is 0 Å². The van der Waals surface area contributed by atoms with Crippen molar-refractivity contribution in [2.24, 2.45) is 0 Å². The molecule has 2 aromatic heterocycles. The summed E-state index contributed by atoms with van der Waals surface area (Å²) in [6.07, 6.45) is 3.28. The fraction of sp³-hybridized carbons (Fsp3) is 0.353. The van der Waals surface area contributed by atoms with Crippen molar-refractivity contribution in [2.75, 3.05) is 38.3 Å². The zero-order chi connectivity index (χ0) is 16.8. The first-order chi connectivity index (χ1) is 11.8. The van der Waals surface area contributed by atoms with E-state index in [0.717, 1.165) is 37.7 Å². The molecule has 0 unspecified atom stereocenters. The fourth-order valence-corrected chi connectivity index (χ4v) is 2.42. The number of carbonyl (C=O) groups is 1. The molecule has 0 bridgehead atoms. The van der Waals surface area contributed by atoms with Crippen LogP contribution in [0.4, 0.5) is 5.82 Å². The summed E-state index contributed by atoms with van der Waals surface area (Å²) in [6.45, 7) is 3.59. The van der Waals surface area contributed by atoms with Crippen molar-refractivity contribution in [3.05, 3.63) is 47.8 Å². The van der Waals surface area contributed by atoms with Crippen molar-refractivity contribution >= 4 is 11.7 Å². The monoisotopic (exact) mass is 328 g/mol. The van der Waals surface area contributed by atoms with Gasteiger partial charge in [0, 0.05) is 38.1 Å². The molecule has 0 aliphatic carbocycles. The van der Waals surface area contributed by atoms with Gasteiger partial charge in [-0.25, -0.2) is 9.97 Å². The number of pyridine rings is 2. The van der Waals surface area contributed by atoms with Gasteiger partial charge in [0.15, 0.2) is 0 Å². The highest BCUT2D eigenvalue weighted by atomic mass is 16.5. The lowest BCUT2D eigenvalue weighted by Crippen LogP contribution is -2.36. The van der Waals surface area contributed by atoms with E-state index in [1.54, 1.807) is 18.3 Å². The summed E-state index contributed by atoms with van der Waals surface area (Å²) in [6, 6.07) is 7.29. The Kier molecular flexibility index (Phi) is 5.22. The normalized spacial score (nSPS) is 14.3. The third kappa shape index (κ3) is 3.99. The summed E-state index contributed by atoms with van der Waals surface area (Å²) < 4.78 is 10.3. The molecule has 0 aromatic carbocycles. The smallest absolute Gasteiger partial charge is 0.253 e. The molecular weight excluding hydrogens is 308 g/mol. The zero-order valence-electron chi connectivity index (χ0n) is 13.6. The molecule has 7 nitrogen and oxygen atoms in total. The molecule has 24 heavy (non-hydrogen) atoms. The summed E-state index contributed by atoms with van der Waals surface area (Å²) in [5, 5.41) is 2.86. The molecule has 0 atom stereocenters. The van der Waals surface area contributed by atoms with Crippen LogP contribution in [0.3, 0.4) is 0 Å². The maximum absolute atomic E-state index is 12.1. The van der Waals surface area contributed by atoms with Gasteiger partial charge in [0.25, 0.3) is 5.91 Å². The molecule has 7 heteroatoms. The van der Waals surface area contributed by atoms with Gasteiger partial charge in [-0.1, -0.05) is 6.07 Å². The van der Waals surface area contributed by atoms with Gasteiger partial charge in [-0.2, -0.15) is 0 Å². The summed E-state index contributed by atoms with van der Waals surface area (Å²) in [5.41, 5.74) is 1.44. The number of nitrogens with zero attached hydrogens (tertiary/aromatic N) is 3. The number of amides is 1. The minimum atomic E-state index is -0.178. The van der Waals surface area contributed by atoms with Gasteiger partial charge in [-0.3, -0.25) is 4.79 Å². The Balaban J connectivity index is 1.54. The molecule has 1 aliphatic heterocycles. The van der Waals surface area contributed by atoms with Crippen LogP contribution in [0.1, 0.15) is 15.9 Å². The highest BCUT2D eigenvalue weighted by Gasteiger charge is 2.12. The lowest BCUT2D eigenvalue weighted by Gasteiger charge is -2.27. The SMILES string of the molecule is COc1ccc(C(=O)NCc2ccc(N3CCOCC3)nc2)cn1. The molecule has 3 rings (SSSR count). The second-order valence-electron chi connectivity index (χ2n) is 5.40. The number of carbonyl (C=O) groups excluding carboxylic acids is 1. The summed E-state index contributed by atoms with van der Waals surface area (Å²) in [4.78, 5) is 22.8. The van der Waals surface area contributed by atoms with Crippen LogP contribution in [0.15, 0.2) is 36.7 Å². The van der Waals surface area contributed by atoms with Gasteiger partial charge >= 0.3 is 0 Å². The lowest BCUT2D eigenvalue weighted by molar-refractivity contribution is 0.0950. The number of hydrogen-bond donors (Lipinski definition) is 1. The topological polar surface area (TPSA) is 76.6 Å². The van der Waals surface area contributed by atoms with E-state index in [2.05, 4.69) is 20.2 Å². The molecule has 1 saturated heterocycles. The van der Waals surface area contributed by atoms with Crippen molar-refractivity contribution in [3.8, 4) is 5.88 Å². The van der Waals surface area contributed by atoms with Crippen LogP contribution in [-0.4, -0.2) is 49.3 Å². The molecule has 0 radical (unpaired) electrons. The predicted octanol–water partition coefficient (Wildman–Crippen LogP) is 1.25. The second-order valence-corrected chi connectivity index (χ2v) is 5.40. The van der Waals surface area contributed by atoms with Crippen LogP contribution in [-0.2, 0) is 11.3 Å². The van der Waals surface area contributed by atoms with Gasteiger partial charge in [0.2, 0.25) is 5.88 Å². The number of rotatable bonds is 5. The van der Waals surface area contributed by atoms with E-state index in [1.165, 1.54) is 13.3 Å². The van der Waals surface area contributed by atoms with E-state index in [-0.39, 0.29) is 5.91 Å². The number of anilines is 1. The van der Waals surface area contributed by atoms with Crippen molar-refractivity contribution in [1.29, 1.82) is 0 Å². The van der Waals surface area contributed by atoms with Crippen molar-refractivity contribution < 1.29 is 14.3 Å². The van der Waals surface area contributed by atoms with E-state index in [9.17, 15) is 4.79 Å². The van der Waals surface area contributed by atoms with E-state index in [1.807, 2.05) is 12.1 Å². The molecule has 1 amide bonds. The standard InChI is InChI=1S/C17H20N4O3/c1-23-16-5-3-14(12-19-16)17(22)20-11-13-2-4-15(18-10-13)21-6-8-24-9-7-21/h2-5,10,12H,6-9,11H2,1H3,(H,20,22). The molecule has 0 spiro atoms. The van der Waals surface area contributed by atoms with Gasteiger partial charge in [-0.05, 0) is 17.7 Å². The number of morpholine rings is 1. The lowest BCUT2D eigenvalue weighted by atomic mass is 10.2. The van der Waals surface area contributed by atoms with Crippen molar-refractivity contribution in [1.82, 2.24) is 15.3 Å². The third-order valence-electron chi connectivity index (χ3n) is 3.80. The van der Waals surface area contributed by atoms with Gasteiger partial charge < -0.3 is 19.7 Å². The third-order valence-corrected chi connectivity index (χ3v) is 3.80. The average molecular weight is 328 g/mol. The Morgan fingerprint density at radius 1 is 1.21 bits per heavy atom. The van der Waals surface area contributed by atoms with Gasteiger partial charge in [-0.15, -0.1) is 0 Å². The molecule has 3 heterocycles. The van der Waals surface area contributed by atoms with Gasteiger partial charge in [0.1, 0.15) is 5.82 Å². The highest BCUT2D eigenvalue weighted by molar-refractivity contribution is 5.93. The van der Waals surface area contributed by atoms with Crippen LogP contribution in [0.2, 0.25) is 0 Å². The number of methoxy groups -OCH3 is 1. The number of nitrogens with one attached hydrogen (secondary N) is 1. The Labute approximate surface area is 140 Å². The summed E-state index contributed by atoms with van der Waals surface area (Å²) >= 11 is 0. The molecule has 0 saturated carbocycles. The first kappa shape index (κ1) is 16.2. The second kappa shape index (κ2) is 7.74. The van der Waals surface area contributed by atoms with Crippen LogP contribution < -0.4 is 15.0 Å². The van der Waals surface area contributed by atoms with Crippen LogP contribution in [0.5, 0.6) is 5.88 Å². The number of aromatic nitrogens is 2. The Bertz CT molecular complexity index is 667. The molecule has 2 aromatic rings. The van der Waals surface area contributed by atoms with Crippen LogP contribution in [0.25, 0.3) is 0 Å². The Hall–Kier alpha value is -2.67. The van der Waals surface area contributed by atoms with Crippen LogP contribution in [0, 0.1) is 0 Å². The van der Waals surface area contributed by atoms with E-state index >= 15 is 0 Å². The minimum absolute atomic E-state index is 0.178. The fourth-order valence-electron chi connectivity index (χ4n) is 2.42. The first-order valence-electron chi connectivity index (χ1n) is 7.82. The molecule has 1 N–H and O–H groups in total. The summed E-state index contributed by atoms with van der Waals surface area (Å²) in [5.74, 6) is 1.24. The zero-order valence-corrected chi connectivity index (χ0v) is 13.6.